The lowest BCUT2D eigenvalue weighted by Crippen LogP contribution is -2.11. The van der Waals surface area contributed by atoms with Crippen LogP contribution in [0.5, 0.6) is 0 Å². The molecule has 62 valence electrons. The molecule has 2 N–H and O–H groups in total. The molecule has 0 unspecified atom stereocenters. The highest BCUT2D eigenvalue weighted by atomic mass is 16.1. The van der Waals surface area contributed by atoms with E-state index < -0.39 is 5.91 Å². The Morgan fingerprint density at radius 1 is 1.83 bits per heavy atom. The molecular formula is C7H8N4O. The van der Waals surface area contributed by atoms with Crippen LogP contribution in [0.25, 0.3) is 0 Å². The number of nitrogens with two attached hydrogens (primary N) is 1. The molecule has 1 aromatic heterocycles. The Hall–Kier alpha value is -1.83. The number of primary amides is 1. The van der Waals surface area contributed by atoms with E-state index in [0.29, 0.717) is 6.54 Å². The van der Waals surface area contributed by atoms with Crippen molar-refractivity contribution >= 4 is 5.91 Å². The molecule has 0 bridgehead atoms. The summed E-state index contributed by atoms with van der Waals surface area (Å²) in [6, 6.07) is 0. The number of carbonyl (C=O) groups is 1. The second-order valence-electron chi connectivity index (χ2n) is 2.09. The first-order chi connectivity index (χ1) is 5.74. The van der Waals surface area contributed by atoms with Gasteiger partial charge in [-0.25, -0.2) is 4.68 Å². The van der Waals surface area contributed by atoms with Crippen molar-refractivity contribution in [1.29, 1.82) is 0 Å². The Morgan fingerprint density at radius 3 is 3.08 bits per heavy atom. The molecule has 0 aliphatic carbocycles. The molecule has 12 heavy (non-hydrogen) atoms. The molecule has 0 aliphatic heterocycles. The lowest BCUT2D eigenvalue weighted by molar-refractivity contribution is 0.0995. The summed E-state index contributed by atoms with van der Waals surface area (Å²) in [6.45, 7) is 2.16. The number of rotatable bonds is 2. The summed E-state index contributed by atoms with van der Waals surface area (Å²) in [6.07, 6.45) is 1.46. The molecule has 1 aromatic rings. The average Bonchev–Trinajstić information content (AvgIpc) is 2.48. The Morgan fingerprint density at radius 2 is 2.58 bits per heavy atom. The molecule has 0 atom stereocenters. The first-order valence-corrected chi connectivity index (χ1v) is 3.33. The third kappa shape index (κ3) is 1.83. The van der Waals surface area contributed by atoms with Crippen LogP contribution in [-0.2, 0) is 6.54 Å². The van der Waals surface area contributed by atoms with Crippen molar-refractivity contribution in [2.45, 2.75) is 13.5 Å². The van der Waals surface area contributed by atoms with Gasteiger partial charge < -0.3 is 5.73 Å². The van der Waals surface area contributed by atoms with E-state index in [4.69, 9.17) is 5.73 Å². The van der Waals surface area contributed by atoms with Crippen LogP contribution in [0.4, 0.5) is 0 Å². The molecule has 0 radical (unpaired) electrons. The molecular weight excluding hydrogens is 156 g/mol. The molecule has 5 heteroatoms. The van der Waals surface area contributed by atoms with Crippen LogP contribution in [0.2, 0.25) is 0 Å². The fourth-order valence-electron chi connectivity index (χ4n) is 0.649. The van der Waals surface area contributed by atoms with Gasteiger partial charge in [0.2, 0.25) is 0 Å². The molecule has 5 nitrogen and oxygen atoms in total. The predicted octanol–water partition coefficient (Wildman–Crippen LogP) is -0.600. The Balaban J connectivity index is 2.75. The molecule has 0 spiro atoms. The Kier molecular flexibility index (Phi) is 2.43. The predicted molar refractivity (Wildman–Crippen MR) is 42.0 cm³/mol. The van der Waals surface area contributed by atoms with E-state index in [-0.39, 0.29) is 5.69 Å². The molecule has 1 amide bonds. The number of carbonyl (C=O) groups excluding carboxylic acids is 1. The fraction of sp³-hybridized carbons (Fsp3) is 0.286. The summed E-state index contributed by atoms with van der Waals surface area (Å²) < 4.78 is 1.45. The van der Waals surface area contributed by atoms with Crippen molar-refractivity contribution in [3.63, 3.8) is 0 Å². The minimum atomic E-state index is -0.578. The third-order valence-corrected chi connectivity index (χ3v) is 1.21. The van der Waals surface area contributed by atoms with E-state index in [2.05, 4.69) is 22.2 Å². The van der Waals surface area contributed by atoms with Gasteiger partial charge in [0.25, 0.3) is 5.91 Å². The molecule has 0 fully saturated rings. The Bertz CT molecular complexity index is 344. The van der Waals surface area contributed by atoms with Gasteiger partial charge in [-0.15, -0.1) is 11.0 Å². The number of hydrogen-bond acceptors (Lipinski definition) is 3. The summed E-state index contributed by atoms with van der Waals surface area (Å²) >= 11 is 0. The smallest absolute Gasteiger partial charge is 0.270 e. The van der Waals surface area contributed by atoms with E-state index in [1.54, 1.807) is 6.92 Å². The van der Waals surface area contributed by atoms with Crippen LogP contribution in [0.3, 0.4) is 0 Å². The minimum absolute atomic E-state index is 0.160. The van der Waals surface area contributed by atoms with Gasteiger partial charge in [0.05, 0.1) is 6.20 Å². The lowest BCUT2D eigenvalue weighted by atomic mass is 10.5. The van der Waals surface area contributed by atoms with Crippen molar-refractivity contribution < 1.29 is 4.79 Å². The topological polar surface area (TPSA) is 73.8 Å². The summed E-state index contributed by atoms with van der Waals surface area (Å²) in [5.41, 5.74) is 5.13. The van der Waals surface area contributed by atoms with Gasteiger partial charge in [-0.1, -0.05) is 11.1 Å². The van der Waals surface area contributed by atoms with Crippen molar-refractivity contribution in [1.82, 2.24) is 15.0 Å². The summed E-state index contributed by atoms with van der Waals surface area (Å²) in [5, 5.41) is 7.18. The van der Waals surface area contributed by atoms with Gasteiger partial charge in [0, 0.05) is 0 Å². The second-order valence-corrected chi connectivity index (χ2v) is 2.09. The van der Waals surface area contributed by atoms with Gasteiger partial charge in [-0.3, -0.25) is 4.79 Å². The van der Waals surface area contributed by atoms with Gasteiger partial charge in [0.15, 0.2) is 5.69 Å². The van der Waals surface area contributed by atoms with Gasteiger partial charge in [-0.2, -0.15) is 0 Å². The Labute approximate surface area is 69.6 Å². The normalized spacial score (nSPS) is 8.75. The van der Waals surface area contributed by atoms with Crippen molar-refractivity contribution in [2.24, 2.45) is 5.73 Å². The lowest BCUT2D eigenvalue weighted by Gasteiger charge is -1.87. The van der Waals surface area contributed by atoms with Crippen LogP contribution < -0.4 is 5.73 Å². The zero-order valence-electron chi connectivity index (χ0n) is 6.61. The average molecular weight is 164 g/mol. The van der Waals surface area contributed by atoms with E-state index in [0.717, 1.165) is 0 Å². The third-order valence-electron chi connectivity index (χ3n) is 1.21. The summed E-state index contributed by atoms with van der Waals surface area (Å²) in [4.78, 5) is 10.6. The maximum Gasteiger partial charge on any atom is 0.270 e. The van der Waals surface area contributed by atoms with E-state index in [1.807, 2.05) is 0 Å². The molecule has 0 aliphatic rings. The monoisotopic (exact) mass is 164 g/mol. The van der Waals surface area contributed by atoms with Crippen LogP contribution in [0, 0.1) is 11.8 Å². The molecule has 0 aromatic carbocycles. The van der Waals surface area contributed by atoms with Crippen molar-refractivity contribution in [3.05, 3.63) is 11.9 Å². The maximum absolute atomic E-state index is 10.6. The SMILES string of the molecule is CC#CCn1cc(C(N)=O)nn1. The van der Waals surface area contributed by atoms with Crippen LogP contribution in [0.1, 0.15) is 17.4 Å². The maximum atomic E-state index is 10.6. The van der Waals surface area contributed by atoms with Crippen LogP contribution >= 0.6 is 0 Å². The number of nitrogens with zero attached hydrogens (tertiary/aromatic N) is 3. The zero-order chi connectivity index (χ0) is 8.97. The molecule has 1 rings (SSSR count). The number of aromatic nitrogens is 3. The number of hydrogen-bond donors (Lipinski definition) is 1. The molecule has 0 saturated heterocycles. The highest BCUT2D eigenvalue weighted by molar-refractivity contribution is 5.90. The second kappa shape index (κ2) is 3.53. The van der Waals surface area contributed by atoms with Crippen molar-refractivity contribution in [3.8, 4) is 11.8 Å². The first-order valence-electron chi connectivity index (χ1n) is 3.33. The first kappa shape index (κ1) is 8.27. The quantitative estimate of drug-likeness (QED) is 0.593. The highest BCUT2D eigenvalue weighted by Gasteiger charge is 2.04. The summed E-state index contributed by atoms with van der Waals surface area (Å²) in [7, 11) is 0. The van der Waals surface area contributed by atoms with Gasteiger partial charge in [0.1, 0.15) is 6.54 Å². The van der Waals surface area contributed by atoms with Gasteiger partial charge >= 0.3 is 0 Å². The van der Waals surface area contributed by atoms with E-state index in [1.165, 1.54) is 10.9 Å². The number of amides is 1. The fourth-order valence-corrected chi connectivity index (χ4v) is 0.649. The van der Waals surface area contributed by atoms with Crippen LogP contribution in [-0.4, -0.2) is 20.9 Å². The summed E-state index contributed by atoms with van der Waals surface area (Å²) in [5.74, 6) is 4.90. The highest BCUT2D eigenvalue weighted by Crippen LogP contribution is 1.89. The largest absolute Gasteiger partial charge is 0.364 e. The molecule has 1 heterocycles. The zero-order valence-corrected chi connectivity index (χ0v) is 6.61. The molecule has 0 saturated carbocycles. The van der Waals surface area contributed by atoms with E-state index in [9.17, 15) is 4.79 Å². The minimum Gasteiger partial charge on any atom is -0.364 e. The van der Waals surface area contributed by atoms with Gasteiger partial charge in [-0.05, 0) is 6.92 Å². The van der Waals surface area contributed by atoms with Crippen LogP contribution in [0.15, 0.2) is 6.20 Å². The van der Waals surface area contributed by atoms with Crippen molar-refractivity contribution in [2.75, 3.05) is 0 Å². The van der Waals surface area contributed by atoms with E-state index >= 15 is 0 Å². The standard InChI is InChI=1S/C7H8N4O/c1-2-3-4-11-5-6(7(8)12)9-10-11/h5H,4H2,1H3,(H2,8,12).